The highest BCUT2D eigenvalue weighted by Gasteiger charge is 2.23. The Labute approximate surface area is 161 Å². The molecule has 2 aliphatic heterocycles. The first kappa shape index (κ1) is 17.0. The normalized spacial score (nSPS) is 22.3. The third-order valence-electron chi connectivity index (χ3n) is 6.21. The van der Waals surface area contributed by atoms with E-state index in [0.29, 0.717) is 0 Å². The predicted molar refractivity (Wildman–Crippen MR) is 106 cm³/mol. The van der Waals surface area contributed by atoms with E-state index in [9.17, 15) is 0 Å². The maximum atomic E-state index is 5.71. The zero-order valence-corrected chi connectivity index (χ0v) is 16.2. The van der Waals surface area contributed by atoms with Crippen LogP contribution in [0, 0.1) is 5.92 Å². The van der Waals surface area contributed by atoms with Crippen LogP contribution in [-0.4, -0.2) is 47.7 Å². The maximum Gasteiger partial charge on any atom is 0.225 e. The van der Waals surface area contributed by atoms with Gasteiger partial charge < -0.3 is 9.64 Å². The lowest BCUT2D eigenvalue weighted by Crippen LogP contribution is -2.46. The zero-order chi connectivity index (χ0) is 18.2. The summed E-state index contributed by atoms with van der Waals surface area (Å²) in [5, 5.41) is 0. The molecule has 0 spiro atoms. The van der Waals surface area contributed by atoms with E-state index in [0.717, 1.165) is 76.2 Å². The van der Waals surface area contributed by atoms with Crippen LogP contribution in [-0.2, 0) is 25.8 Å². The van der Waals surface area contributed by atoms with E-state index in [4.69, 9.17) is 9.72 Å². The Bertz CT molecular complexity index is 829. The molecule has 1 unspecified atom stereocenters. The van der Waals surface area contributed by atoms with Gasteiger partial charge in [0.1, 0.15) is 5.75 Å². The lowest BCUT2D eigenvalue weighted by molar-refractivity contribution is 0.248. The number of piperazine rings is 1. The highest BCUT2D eigenvalue weighted by atomic mass is 16.5. The largest absolute Gasteiger partial charge is 0.493 e. The molecule has 2 aromatic rings. The number of hydrogen-bond acceptors (Lipinski definition) is 5. The van der Waals surface area contributed by atoms with Crippen molar-refractivity contribution in [2.75, 3.05) is 37.7 Å². The minimum atomic E-state index is 0.744. The molecular formula is C22H28N4O. The van der Waals surface area contributed by atoms with Gasteiger partial charge in [0.2, 0.25) is 5.95 Å². The third-order valence-corrected chi connectivity index (χ3v) is 6.21. The molecular weight excluding hydrogens is 336 g/mol. The number of aromatic nitrogens is 2. The van der Waals surface area contributed by atoms with E-state index in [1.165, 1.54) is 28.8 Å². The second-order valence-corrected chi connectivity index (χ2v) is 8.29. The van der Waals surface area contributed by atoms with Crippen molar-refractivity contribution in [3.63, 3.8) is 0 Å². The number of anilines is 1. The van der Waals surface area contributed by atoms with Gasteiger partial charge in [-0.1, -0.05) is 19.1 Å². The molecule has 1 saturated heterocycles. The first-order valence-corrected chi connectivity index (χ1v) is 10.3. The second kappa shape index (κ2) is 7.12. The Morgan fingerprint density at radius 1 is 1.11 bits per heavy atom. The molecule has 0 saturated carbocycles. The van der Waals surface area contributed by atoms with Crippen molar-refractivity contribution in [1.29, 1.82) is 0 Å². The monoisotopic (exact) mass is 364 g/mol. The fourth-order valence-corrected chi connectivity index (χ4v) is 4.48. The van der Waals surface area contributed by atoms with Gasteiger partial charge in [-0.2, -0.15) is 0 Å². The molecule has 5 nitrogen and oxygen atoms in total. The molecule has 0 N–H and O–H groups in total. The Morgan fingerprint density at radius 3 is 2.89 bits per heavy atom. The van der Waals surface area contributed by atoms with Crippen LogP contribution < -0.4 is 9.64 Å². The smallest absolute Gasteiger partial charge is 0.225 e. The Hall–Kier alpha value is -2.14. The molecule has 1 fully saturated rings. The number of aryl methyl sites for hydroxylation is 1. The fourth-order valence-electron chi connectivity index (χ4n) is 4.48. The summed E-state index contributed by atoms with van der Waals surface area (Å²) >= 11 is 0. The van der Waals surface area contributed by atoms with Crippen molar-refractivity contribution >= 4 is 5.95 Å². The molecule has 0 radical (unpaired) electrons. The molecule has 1 aromatic carbocycles. The number of hydrogen-bond donors (Lipinski definition) is 0. The molecule has 27 heavy (non-hydrogen) atoms. The van der Waals surface area contributed by atoms with Gasteiger partial charge in [0.05, 0.1) is 6.61 Å². The van der Waals surface area contributed by atoms with Gasteiger partial charge in [0.15, 0.2) is 0 Å². The van der Waals surface area contributed by atoms with Gasteiger partial charge in [0.25, 0.3) is 0 Å². The molecule has 0 bridgehead atoms. The first-order valence-electron chi connectivity index (χ1n) is 10.3. The van der Waals surface area contributed by atoms with E-state index in [1.807, 2.05) is 0 Å². The molecule has 5 heteroatoms. The lowest BCUT2D eigenvalue weighted by atomic mass is 9.89. The van der Waals surface area contributed by atoms with Gasteiger partial charge in [-0.25, -0.2) is 9.97 Å². The van der Waals surface area contributed by atoms with Gasteiger partial charge in [-0.3, -0.25) is 4.90 Å². The summed E-state index contributed by atoms with van der Waals surface area (Å²) in [5.74, 6) is 2.75. The number of fused-ring (bicyclic) bond motifs is 2. The van der Waals surface area contributed by atoms with Crippen LogP contribution >= 0.6 is 0 Å². The van der Waals surface area contributed by atoms with Gasteiger partial charge in [0, 0.05) is 51.0 Å². The van der Waals surface area contributed by atoms with Crippen LogP contribution in [0.25, 0.3) is 0 Å². The Morgan fingerprint density at radius 2 is 2.00 bits per heavy atom. The number of benzene rings is 1. The molecule has 1 atom stereocenters. The van der Waals surface area contributed by atoms with Gasteiger partial charge in [-0.15, -0.1) is 0 Å². The van der Waals surface area contributed by atoms with Crippen molar-refractivity contribution in [2.45, 2.75) is 39.2 Å². The minimum absolute atomic E-state index is 0.744. The average molecular weight is 364 g/mol. The van der Waals surface area contributed by atoms with E-state index in [-0.39, 0.29) is 0 Å². The standard InChI is InChI=1S/C22H28N4O/c1-16-2-4-19-14-23-22(24-20(19)12-16)26-9-7-25(8-10-26)15-17-3-5-18-6-11-27-21(18)13-17/h3,5,13-14,16H,2,4,6-12,15H2,1H3. The summed E-state index contributed by atoms with van der Waals surface area (Å²) in [7, 11) is 0. The van der Waals surface area contributed by atoms with Gasteiger partial charge >= 0.3 is 0 Å². The third kappa shape index (κ3) is 3.53. The lowest BCUT2D eigenvalue weighted by Gasteiger charge is -2.35. The van der Waals surface area contributed by atoms with Gasteiger partial charge in [-0.05, 0) is 47.9 Å². The minimum Gasteiger partial charge on any atom is -0.493 e. The second-order valence-electron chi connectivity index (χ2n) is 8.29. The SMILES string of the molecule is CC1CCc2cnc(N3CCN(Cc4ccc5c(c4)OCC5)CC3)nc2C1. The summed E-state index contributed by atoms with van der Waals surface area (Å²) < 4.78 is 5.71. The van der Waals surface area contributed by atoms with Crippen molar-refractivity contribution in [3.05, 3.63) is 46.8 Å². The summed E-state index contributed by atoms with van der Waals surface area (Å²) in [6.07, 6.45) is 6.62. The van der Waals surface area contributed by atoms with E-state index in [1.54, 1.807) is 0 Å². The molecule has 0 amide bonds. The molecule has 3 heterocycles. The van der Waals surface area contributed by atoms with Crippen LogP contribution in [0.3, 0.4) is 0 Å². The summed E-state index contributed by atoms with van der Waals surface area (Å²) in [5.41, 5.74) is 5.33. The van der Waals surface area contributed by atoms with Crippen molar-refractivity contribution < 1.29 is 4.74 Å². The molecule has 142 valence electrons. The highest BCUT2D eigenvalue weighted by Crippen LogP contribution is 2.27. The van der Waals surface area contributed by atoms with Crippen molar-refractivity contribution in [2.24, 2.45) is 5.92 Å². The van der Waals surface area contributed by atoms with Crippen LogP contribution in [0.4, 0.5) is 5.95 Å². The maximum absolute atomic E-state index is 5.71. The van der Waals surface area contributed by atoms with Crippen LogP contribution in [0.2, 0.25) is 0 Å². The predicted octanol–water partition coefficient (Wildman–Crippen LogP) is 2.86. The van der Waals surface area contributed by atoms with Crippen LogP contribution in [0.1, 0.15) is 35.7 Å². The summed E-state index contributed by atoms with van der Waals surface area (Å²) in [4.78, 5) is 14.5. The van der Waals surface area contributed by atoms with Crippen molar-refractivity contribution in [3.8, 4) is 5.75 Å². The Kier molecular flexibility index (Phi) is 4.48. The zero-order valence-electron chi connectivity index (χ0n) is 16.2. The number of rotatable bonds is 3. The average Bonchev–Trinajstić information content (AvgIpc) is 3.16. The number of nitrogens with zero attached hydrogens (tertiary/aromatic N) is 4. The summed E-state index contributed by atoms with van der Waals surface area (Å²) in [6.45, 7) is 8.24. The molecule has 1 aromatic heterocycles. The van der Waals surface area contributed by atoms with E-state index >= 15 is 0 Å². The number of ether oxygens (including phenoxy) is 1. The molecule has 5 rings (SSSR count). The topological polar surface area (TPSA) is 41.5 Å². The molecule has 3 aliphatic rings. The fraction of sp³-hybridized carbons (Fsp3) is 0.545. The van der Waals surface area contributed by atoms with Crippen molar-refractivity contribution in [1.82, 2.24) is 14.9 Å². The van der Waals surface area contributed by atoms with Crippen LogP contribution in [0.15, 0.2) is 24.4 Å². The Balaban J connectivity index is 1.21. The van der Waals surface area contributed by atoms with E-state index < -0.39 is 0 Å². The first-order chi connectivity index (χ1) is 13.2. The van der Waals surface area contributed by atoms with Crippen LogP contribution in [0.5, 0.6) is 5.75 Å². The highest BCUT2D eigenvalue weighted by molar-refractivity contribution is 5.40. The van der Waals surface area contributed by atoms with E-state index in [2.05, 4.69) is 46.1 Å². The summed E-state index contributed by atoms with van der Waals surface area (Å²) in [6, 6.07) is 6.71. The quantitative estimate of drug-likeness (QED) is 0.838. The molecule has 1 aliphatic carbocycles.